The molecule has 0 amide bonds. The molecule has 24 heavy (non-hydrogen) atoms. The van der Waals surface area contributed by atoms with Gasteiger partial charge in [-0.3, -0.25) is 0 Å². The Bertz CT molecular complexity index is 823. The molecule has 6 nitrogen and oxygen atoms in total. The standard InChI is InChI=1S/C16H19N3O3S.ClH/c1-23(20,21)13-6-4-11(5-7-13)14-18-15(22-19-14)16-8-2-3-12(16)9-17-10-16;/h4-7,12,17H,2-3,8-10H2,1H3;1H/t12-,16-;/m1./s1. The lowest BCUT2D eigenvalue weighted by Crippen LogP contribution is -2.31. The first-order chi connectivity index (χ1) is 11.0. The molecule has 0 unspecified atom stereocenters. The van der Waals surface area contributed by atoms with Crippen LogP contribution < -0.4 is 5.32 Å². The van der Waals surface area contributed by atoms with Crippen LogP contribution in [0.25, 0.3) is 11.4 Å². The van der Waals surface area contributed by atoms with E-state index >= 15 is 0 Å². The van der Waals surface area contributed by atoms with Crippen molar-refractivity contribution in [3.8, 4) is 11.4 Å². The summed E-state index contributed by atoms with van der Waals surface area (Å²) in [5.74, 6) is 1.81. The fourth-order valence-electron chi connectivity index (χ4n) is 3.90. The van der Waals surface area contributed by atoms with Gasteiger partial charge in [0.15, 0.2) is 9.84 Å². The first-order valence-electron chi connectivity index (χ1n) is 7.84. The van der Waals surface area contributed by atoms with E-state index in [1.54, 1.807) is 24.3 Å². The molecular weight excluding hydrogens is 350 g/mol. The highest BCUT2D eigenvalue weighted by atomic mass is 35.5. The normalized spacial score (nSPS) is 26.1. The van der Waals surface area contributed by atoms with E-state index in [9.17, 15) is 8.42 Å². The average Bonchev–Trinajstić information content (AvgIpc) is 3.21. The van der Waals surface area contributed by atoms with E-state index in [0.717, 1.165) is 25.1 Å². The Morgan fingerprint density at radius 2 is 2.04 bits per heavy atom. The zero-order valence-electron chi connectivity index (χ0n) is 13.4. The van der Waals surface area contributed by atoms with Crippen molar-refractivity contribution >= 4 is 22.2 Å². The maximum Gasteiger partial charge on any atom is 0.234 e. The molecule has 8 heteroatoms. The number of aromatic nitrogens is 2. The summed E-state index contributed by atoms with van der Waals surface area (Å²) < 4.78 is 28.6. The van der Waals surface area contributed by atoms with E-state index in [1.165, 1.54) is 19.1 Å². The minimum atomic E-state index is -3.19. The van der Waals surface area contributed by atoms with Crippen molar-refractivity contribution in [3.05, 3.63) is 30.2 Å². The van der Waals surface area contributed by atoms with Gasteiger partial charge in [0.2, 0.25) is 11.7 Å². The molecular formula is C16H20ClN3O3S. The molecule has 4 rings (SSSR count). The van der Waals surface area contributed by atoms with Gasteiger partial charge in [-0.25, -0.2) is 8.42 Å². The predicted molar refractivity (Wildman–Crippen MR) is 92.0 cm³/mol. The summed E-state index contributed by atoms with van der Waals surface area (Å²) in [6.45, 7) is 1.91. The first-order valence-corrected chi connectivity index (χ1v) is 9.74. The second-order valence-corrected chi connectivity index (χ2v) is 8.61. The van der Waals surface area contributed by atoms with E-state index in [4.69, 9.17) is 4.52 Å². The van der Waals surface area contributed by atoms with Crippen LogP contribution in [-0.2, 0) is 15.3 Å². The van der Waals surface area contributed by atoms with E-state index in [1.807, 2.05) is 0 Å². The highest BCUT2D eigenvalue weighted by Crippen LogP contribution is 2.47. The molecule has 2 aromatic rings. The molecule has 0 radical (unpaired) electrons. The number of fused-ring (bicyclic) bond motifs is 1. The molecule has 1 aliphatic heterocycles. The molecule has 1 aliphatic carbocycles. The van der Waals surface area contributed by atoms with Crippen LogP contribution in [0.4, 0.5) is 0 Å². The number of halogens is 1. The quantitative estimate of drug-likeness (QED) is 0.892. The second-order valence-electron chi connectivity index (χ2n) is 6.60. The molecule has 1 N–H and O–H groups in total. The van der Waals surface area contributed by atoms with Crippen molar-refractivity contribution in [2.24, 2.45) is 5.92 Å². The van der Waals surface area contributed by atoms with Crippen LogP contribution in [0.1, 0.15) is 25.2 Å². The third kappa shape index (κ3) is 2.74. The number of nitrogens with zero attached hydrogens (tertiary/aromatic N) is 2. The van der Waals surface area contributed by atoms with Gasteiger partial charge in [-0.05, 0) is 49.6 Å². The van der Waals surface area contributed by atoms with E-state index in [-0.39, 0.29) is 17.8 Å². The summed E-state index contributed by atoms with van der Waals surface area (Å²) >= 11 is 0. The van der Waals surface area contributed by atoms with Crippen LogP contribution in [-0.4, -0.2) is 37.9 Å². The highest BCUT2D eigenvalue weighted by molar-refractivity contribution is 7.90. The van der Waals surface area contributed by atoms with E-state index in [0.29, 0.717) is 22.5 Å². The Kier molecular flexibility index (Phi) is 4.44. The third-order valence-electron chi connectivity index (χ3n) is 5.18. The van der Waals surface area contributed by atoms with Gasteiger partial charge in [0.25, 0.3) is 0 Å². The maximum atomic E-state index is 11.5. The predicted octanol–water partition coefficient (Wildman–Crippen LogP) is 2.20. The van der Waals surface area contributed by atoms with Gasteiger partial charge in [0.1, 0.15) is 0 Å². The molecule has 0 spiro atoms. The lowest BCUT2D eigenvalue weighted by Gasteiger charge is -2.22. The lowest BCUT2D eigenvalue weighted by atomic mass is 9.80. The second kappa shape index (κ2) is 6.13. The SMILES string of the molecule is CS(=O)(=O)c1ccc(-c2noc([C@@]34CCC[C@@H]3CNC4)n2)cc1.Cl. The maximum absolute atomic E-state index is 11.5. The molecule has 2 atom stereocenters. The average molecular weight is 370 g/mol. The van der Waals surface area contributed by atoms with Gasteiger partial charge in [-0.2, -0.15) is 4.98 Å². The molecule has 1 saturated heterocycles. The van der Waals surface area contributed by atoms with Gasteiger partial charge in [0.05, 0.1) is 10.3 Å². The van der Waals surface area contributed by atoms with Gasteiger partial charge in [0, 0.05) is 18.4 Å². The van der Waals surface area contributed by atoms with Crippen LogP contribution >= 0.6 is 12.4 Å². The highest BCUT2D eigenvalue weighted by Gasteiger charge is 2.51. The van der Waals surface area contributed by atoms with Crippen LogP contribution in [0.15, 0.2) is 33.7 Å². The van der Waals surface area contributed by atoms with Crippen molar-refractivity contribution in [2.45, 2.75) is 29.6 Å². The number of hydrogen-bond acceptors (Lipinski definition) is 6. The number of sulfone groups is 1. The Morgan fingerprint density at radius 3 is 2.75 bits per heavy atom. The summed E-state index contributed by atoms with van der Waals surface area (Å²) in [4.78, 5) is 4.91. The lowest BCUT2D eigenvalue weighted by molar-refractivity contribution is 0.265. The molecule has 1 aromatic heterocycles. The number of rotatable bonds is 3. The summed E-state index contributed by atoms with van der Waals surface area (Å²) in [5.41, 5.74) is 0.752. The van der Waals surface area contributed by atoms with Crippen LogP contribution in [0.5, 0.6) is 0 Å². The molecule has 2 heterocycles. The number of hydrogen-bond donors (Lipinski definition) is 1. The molecule has 130 valence electrons. The largest absolute Gasteiger partial charge is 0.338 e. The summed E-state index contributed by atoms with van der Waals surface area (Å²) in [6, 6.07) is 6.60. The van der Waals surface area contributed by atoms with Gasteiger partial charge < -0.3 is 9.84 Å². The van der Waals surface area contributed by atoms with E-state index < -0.39 is 9.84 Å². The summed E-state index contributed by atoms with van der Waals surface area (Å²) in [5, 5.41) is 7.56. The Hall–Kier alpha value is -1.44. The zero-order chi connectivity index (χ0) is 16.1. The summed E-state index contributed by atoms with van der Waals surface area (Å²) in [6.07, 6.45) is 4.68. The Labute approximate surface area is 147 Å². The molecule has 1 aromatic carbocycles. The van der Waals surface area contributed by atoms with E-state index in [2.05, 4.69) is 15.5 Å². The molecule has 2 fully saturated rings. The monoisotopic (exact) mass is 369 g/mol. The van der Waals surface area contributed by atoms with Crippen molar-refractivity contribution in [3.63, 3.8) is 0 Å². The van der Waals surface area contributed by atoms with Crippen molar-refractivity contribution in [1.29, 1.82) is 0 Å². The van der Waals surface area contributed by atoms with Crippen LogP contribution in [0.3, 0.4) is 0 Å². The Balaban J connectivity index is 0.00000169. The number of benzene rings is 1. The minimum absolute atomic E-state index is 0. The topological polar surface area (TPSA) is 85.1 Å². The first kappa shape index (κ1) is 17.4. The van der Waals surface area contributed by atoms with Crippen molar-refractivity contribution in [2.75, 3.05) is 19.3 Å². The molecule has 2 aliphatic rings. The minimum Gasteiger partial charge on any atom is -0.338 e. The van der Waals surface area contributed by atoms with Crippen LogP contribution in [0, 0.1) is 5.92 Å². The smallest absolute Gasteiger partial charge is 0.234 e. The van der Waals surface area contributed by atoms with Gasteiger partial charge >= 0.3 is 0 Å². The molecule has 0 bridgehead atoms. The summed E-state index contributed by atoms with van der Waals surface area (Å²) in [7, 11) is -3.19. The Morgan fingerprint density at radius 1 is 1.29 bits per heavy atom. The fourth-order valence-corrected chi connectivity index (χ4v) is 4.53. The van der Waals surface area contributed by atoms with Crippen LogP contribution in [0.2, 0.25) is 0 Å². The van der Waals surface area contributed by atoms with Gasteiger partial charge in [-0.1, -0.05) is 11.6 Å². The third-order valence-corrected chi connectivity index (χ3v) is 6.31. The zero-order valence-corrected chi connectivity index (χ0v) is 15.0. The van der Waals surface area contributed by atoms with Crippen molar-refractivity contribution < 1.29 is 12.9 Å². The molecule has 1 saturated carbocycles. The van der Waals surface area contributed by atoms with Gasteiger partial charge in [-0.15, -0.1) is 12.4 Å². The number of nitrogens with one attached hydrogen (secondary N) is 1. The fraction of sp³-hybridized carbons (Fsp3) is 0.500. The van der Waals surface area contributed by atoms with Crippen molar-refractivity contribution in [1.82, 2.24) is 15.5 Å².